The van der Waals surface area contributed by atoms with Crippen LogP contribution in [-0.2, 0) is 0 Å². The van der Waals surface area contributed by atoms with Crippen LogP contribution in [0.5, 0.6) is 5.88 Å². The number of hydrogen-bond acceptors (Lipinski definition) is 5. The van der Waals surface area contributed by atoms with Crippen molar-refractivity contribution in [2.75, 3.05) is 13.1 Å². The second kappa shape index (κ2) is 5.98. The Morgan fingerprint density at radius 1 is 1.33 bits per heavy atom. The molecule has 1 aliphatic rings. The number of aromatic hydroxyl groups is 1. The van der Waals surface area contributed by atoms with Crippen molar-refractivity contribution in [3.8, 4) is 5.88 Å². The molecule has 1 fully saturated rings. The van der Waals surface area contributed by atoms with Gasteiger partial charge in [-0.3, -0.25) is 4.90 Å². The summed E-state index contributed by atoms with van der Waals surface area (Å²) in [5, 5.41) is 15.2. The number of aryl methyl sites for hydroxylation is 1. The molecule has 1 atom stereocenters. The normalized spacial score (nSPS) is 17.0. The molecule has 0 saturated carbocycles. The van der Waals surface area contributed by atoms with E-state index < -0.39 is 6.04 Å². The van der Waals surface area contributed by atoms with E-state index in [1.807, 2.05) is 0 Å². The molecule has 1 saturated heterocycles. The van der Waals surface area contributed by atoms with Crippen LogP contribution in [0.3, 0.4) is 0 Å². The SMILES string of the molecule is Cc1nc2sc(C(c3c(F)cccc3Cl)N3CCCC3)c(O)n2n1. The average Bonchev–Trinajstić information content (AvgIpc) is 3.23. The summed E-state index contributed by atoms with van der Waals surface area (Å²) in [6.07, 6.45) is 2.09. The zero-order valence-electron chi connectivity index (χ0n) is 13.0. The van der Waals surface area contributed by atoms with Gasteiger partial charge in [-0.15, -0.1) is 5.10 Å². The molecule has 1 unspecified atom stereocenters. The quantitative estimate of drug-likeness (QED) is 0.766. The van der Waals surface area contributed by atoms with Crippen LogP contribution in [0.25, 0.3) is 4.96 Å². The number of benzene rings is 1. The molecule has 126 valence electrons. The summed E-state index contributed by atoms with van der Waals surface area (Å²) >= 11 is 7.65. The Labute approximate surface area is 147 Å². The maximum atomic E-state index is 14.6. The minimum atomic E-state index is -0.435. The van der Waals surface area contributed by atoms with Crippen molar-refractivity contribution >= 4 is 27.9 Å². The first-order valence-electron chi connectivity index (χ1n) is 7.79. The predicted octanol–water partition coefficient (Wildman–Crippen LogP) is 3.78. The predicted molar refractivity (Wildman–Crippen MR) is 91.3 cm³/mol. The second-order valence-electron chi connectivity index (χ2n) is 5.92. The Hall–Kier alpha value is -1.70. The van der Waals surface area contributed by atoms with Crippen LogP contribution in [0.15, 0.2) is 18.2 Å². The molecule has 4 rings (SSSR count). The van der Waals surface area contributed by atoms with Gasteiger partial charge in [-0.1, -0.05) is 29.0 Å². The summed E-state index contributed by atoms with van der Waals surface area (Å²) in [5.74, 6) is 0.227. The summed E-state index contributed by atoms with van der Waals surface area (Å²) in [4.78, 5) is 7.68. The molecule has 3 heterocycles. The average molecular weight is 367 g/mol. The van der Waals surface area contributed by atoms with Gasteiger partial charge in [0.15, 0.2) is 0 Å². The van der Waals surface area contributed by atoms with Crippen molar-refractivity contribution < 1.29 is 9.50 Å². The Morgan fingerprint density at radius 2 is 2.08 bits per heavy atom. The monoisotopic (exact) mass is 366 g/mol. The van der Waals surface area contributed by atoms with Crippen molar-refractivity contribution in [2.45, 2.75) is 25.8 Å². The van der Waals surface area contributed by atoms with E-state index in [-0.39, 0.29) is 11.7 Å². The molecule has 1 aromatic carbocycles. The highest BCUT2D eigenvalue weighted by atomic mass is 35.5. The lowest BCUT2D eigenvalue weighted by molar-refractivity contribution is 0.272. The Bertz CT molecular complexity index is 883. The molecule has 5 nitrogen and oxygen atoms in total. The van der Waals surface area contributed by atoms with Crippen molar-refractivity contribution in [1.82, 2.24) is 19.5 Å². The molecule has 1 aliphatic heterocycles. The lowest BCUT2D eigenvalue weighted by Gasteiger charge is -2.28. The van der Waals surface area contributed by atoms with Gasteiger partial charge >= 0.3 is 0 Å². The minimum absolute atomic E-state index is 0.00631. The highest BCUT2D eigenvalue weighted by molar-refractivity contribution is 7.17. The Kier molecular flexibility index (Phi) is 3.94. The number of aromatic nitrogens is 3. The van der Waals surface area contributed by atoms with Gasteiger partial charge in [-0.25, -0.2) is 9.37 Å². The molecule has 24 heavy (non-hydrogen) atoms. The first-order chi connectivity index (χ1) is 11.6. The number of hydrogen-bond donors (Lipinski definition) is 1. The van der Waals surface area contributed by atoms with Gasteiger partial charge in [-0.2, -0.15) is 4.52 Å². The van der Waals surface area contributed by atoms with Crippen LogP contribution in [-0.4, -0.2) is 37.7 Å². The van der Waals surface area contributed by atoms with E-state index in [9.17, 15) is 9.50 Å². The largest absolute Gasteiger partial charge is 0.492 e. The maximum Gasteiger partial charge on any atom is 0.230 e. The topological polar surface area (TPSA) is 53.7 Å². The zero-order chi connectivity index (χ0) is 16.8. The van der Waals surface area contributed by atoms with Gasteiger partial charge in [-0.05, 0) is 45.0 Å². The van der Waals surface area contributed by atoms with E-state index in [0.717, 1.165) is 25.9 Å². The summed E-state index contributed by atoms with van der Waals surface area (Å²) in [6.45, 7) is 3.44. The highest BCUT2D eigenvalue weighted by Gasteiger charge is 2.34. The molecule has 8 heteroatoms. The molecular weight excluding hydrogens is 351 g/mol. The Balaban J connectivity index is 1.91. The second-order valence-corrected chi connectivity index (χ2v) is 7.34. The third kappa shape index (κ3) is 2.47. The third-order valence-corrected chi connectivity index (χ3v) is 5.74. The van der Waals surface area contributed by atoms with E-state index in [1.54, 1.807) is 19.1 Å². The first-order valence-corrected chi connectivity index (χ1v) is 8.98. The van der Waals surface area contributed by atoms with Crippen molar-refractivity contribution in [2.24, 2.45) is 0 Å². The first kappa shape index (κ1) is 15.8. The fourth-order valence-electron chi connectivity index (χ4n) is 3.28. The van der Waals surface area contributed by atoms with Crippen LogP contribution in [0.2, 0.25) is 5.02 Å². The number of likely N-dealkylation sites (tertiary alicyclic amines) is 1. The fraction of sp³-hybridized carbons (Fsp3) is 0.375. The van der Waals surface area contributed by atoms with Crippen molar-refractivity contribution in [3.63, 3.8) is 0 Å². The fourth-order valence-corrected chi connectivity index (χ4v) is 4.69. The molecular formula is C16H16ClFN4OS. The molecule has 0 bridgehead atoms. The molecule has 2 aromatic heterocycles. The molecule has 0 amide bonds. The van der Waals surface area contributed by atoms with E-state index in [4.69, 9.17) is 11.6 Å². The van der Waals surface area contributed by atoms with Crippen LogP contribution < -0.4 is 0 Å². The third-order valence-electron chi connectivity index (χ3n) is 4.33. The number of fused-ring (bicyclic) bond motifs is 1. The lowest BCUT2D eigenvalue weighted by atomic mass is 10.0. The molecule has 0 radical (unpaired) electrons. The number of thiazole rings is 1. The van der Waals surface area contributed by atoms with Crippen molar-refractivity contribution in [1.29, 1.82) is 0 Å². The lowest BCUT2D eigenvalue weighted by Crippen LogP contribution is -2.27. The van der Waals surface area contributed by atoms with Crippen LogP contribution in [0, 0.1) is 12.7 Å². The van der Waals surface area contributed by atoms with Gasteiger partial charge in [0, 0.05) is 10.6 Å². The van der Waals surface area contributed by atoms with E-state index in [0.29, 0.717) is 26.2 Å². The Morgan fingerprint density at radius 3 is 2.75 bits per heavy atom. The summed E-state index contributed by atoms with van der Waals surface area (Å²) < 4.78 is 16.0. The number of rotatable bonds is 3. The summed E-state index contributed by atoms with van der Waals surface area (Å²) in [7, 11) is 0. The summed E-state index contributed by atoms with van der Waals surface area (Å²) in [6, 6.07) is 4.24. The molecule has 1 N–H and O–H groups in total. The standard InChI is InChI=1S/C16H16ClFN4OS/c1-9-19-16-22(20-9)15(23)14(24-16)13(21-7-2-3-8-21)12-10(17)5-4-6-11(12)18/h4-6,13,23H,2-3,7-8H2,1H3. The van der Waals surface area contributed by atoms with Crippen LogP contribution >= 0.6 is 22.9 Å². The van der Waals surface area contributed by atoms with Gasteiger partial charge < -0.3 is 5.11 Å². The van der Waals surface area contributed by atoms with Gasteiger partial charge in [0.05, 0.1) is 10.9 Å². The molecule has 0 spiro atoms. The van der Waals surface area contributed by atoms with E-state index >= 15 is 0 Å². The van der Waals surface area contributed by atoms with Gasteiger partial charge in [0.2, 0.25) is 10.8 Å². The van der Waals surface area contributed by atoms with Crippen LogP contribution in [0.4, 0.5) is 4.39 Å². The minimum Gasteiger partial charge on any atom is -0.492 e. The van der Waals surface area contributed by atoms with E-state index in [2.05, 4.69) is 15.0 Å². The zero-order valence-corrected chi connectivity index (χ0v) is 14.6. The number of nitrogens with zero attached hydrogens (tertiary/aromatic N) is 4. The summed E-state index contributed by atoms with van der Waals surface area (Å²) in [5.41, 5.74) is 0.401. The molecule has 3 aromatic rings. The van der Waals surface area contributed by atoms with Crippen LogP contribution in [0.1, 0.15) is 35.1 Å². The van der Waals surface area contributed by atoms with Crippen molar-refractivity contribution in [3.05, 3.63) is 45.3 Å². The highest BCUT2D eigenvalue weighted by Crippen LogP contribution is 2.43. The van der Waals surface area contributed by atoms with Gasteiger partial charge in [0.25, 0.3) is 0 Å². The maximum absolute atomic E-state index is 14.6. The van der Waals surface area contributed by atoms with E-state index in [1.165, 1.54) is 21.9 Å². The number of halogens is 2. The smallest absolute Gasteiger partial charge is 0.230 e. The van der Waals surface area contributed by atoms with Gasteiger partial charge in [0.1, 0.15) is 11.6 Å². The molecule has 0 aliphatic carbocycles.